The number of ether oxygens (including phenoxy) is 1. The van der Waals surface area contributed by atoms with Crippen LogP contribution >= 0.6 is 11.8 Å². The molecule has 0 fully saturated rings. The number of hydrogen-bond acceptors (Lipinski definition) is 6. The maximum atomic E-state index is 13.6. The highest BCUT2D eigenvalue weighted by Gasteiger charge is 2.34. The summed E-state index contributed by atoms with van der Waals surface area (Å²) < 4.78 is 5.89. The Hall–Kier alpha value is -5.93. The van der Waals surface area contributed by atoms with E-state index in [-0.39, 0.29) is 24.1 Å². The molecule has 0 saturated carbocycles. The summed E-state index contributed by atoms with van der Waals surface area (Å²) in [4.78, 5) is 54.1. The molecule has 1 heterocycles. The van der Waals surface area contributed by atoms with Gasteiger partial charge >= 0.3 is 0 Å². The minimum Gasteiger partial charge on any atom is -0.489 e. The highest BCUT2D eigenvalue weighted by Crippen LogP contribution is 2.26. The van der Waals surface area contributed by atoms with Gasteiger partial charge in [-0.15, -0.1) is 11.8 Å². The van der Waals surface area contributed by atoms with Crippen molar-refractivity contribution in [2.75, 3.05) is 17.6 Å². The van der Waals surface area contributed by atoms with Gasteiger partial charge in [-0.25, -0.2) is 0 Å². The molecule has 0 atom stereocenters. The first-order valence-electron chi connectivity index (χ1n) is 15.3. The zero-order valence-corrected chi connectivity index (χ0v) is 26.6. The van der Waals surface area contributed by atoms with Gasteiger partial charge in [-0.05, 0) is 71.8 Å². The van der Waals surface area contributed by atoms with Crippen molar-refractivity contribution in [3.05, 3.63) is 167 Å². The molecule has 5 aromatic carbocycles. The first-order chi connectivity index (χ1) is 23.4. The van der Waals surface area contributed by atoms with E-state index in [1.165, 1.54) is 16.7 Å². The van der Waals surface area contributed by atoms with Crippen molar-refractivity contribution >= 4 is 47.2 Å². The summed E-state index contributed by atoms with van der Waals surface area (Å²) in [6.07, 6.45) is 1.61. The molecule has 2 N–H and O–H groups in total. The second-order valence-electron chi connectivity index (χ2n) is 10.9. The molecule has 4 amide bonds. The van der Waals surface area contributed by atoms with Crippen LogP contribution in [0.3, 0.4) is 0 Å². The number of amides is 4. The van der Waals surface area contributed by atoms with Crippen LogP contribution in [0, 0.1) is 0 Å². The Balaban J connectivity index is 1.12. The van der Waals surface area contributed by atoms with E-state index in [0.717, 1.165) is 10.5 Å². The van der Waals surface area contributed by atoms with Crippen LogP contribution in [0.15, 0.2) is 144 Å². The smallest absolute Gasteiger partial charge is 0.272 e. The number of imide groups is 1. The average Bonchev–Trinajstić information content (AvgIpc) is 3.37. The molecular weight excluding hydrogens is 623 g/mol. The van der Waals surface area contributed by atoms with Crippen LogP contribution in [0.25, 0.3) is 6.08 Å². The molecule has 6 rings (SSSR count). The topological polar surface area (TPSA) is 105 Å². The molecule has 0 spiro atoms. The Labute approximate surface area is 282 Å². The Bertz CT molecular complexity index is 1940. The second kappa shape index (κ2) is 15.1. The molecule has 238 valence electrons. The lowest BCUT2D eigenvalue weighted by Gasteiger charge is -2.14. The molecule has 0 unspecified atom stereocenters. The number of fused-ring (bicyclic) bond motifs is 1. The van der Waals surface area contributed by atoms with E-state index in [1.807, 2.05) is 66.7 Å². The zero-order chi connectivity index (χ0) is 33.3. The molecular formula is C39H31N3O5S. The third-order valence-corrected chi connectivity index (χ3v) is 8.50. The Morgan fingerprint density at radius 2 is 1.38 bits per heavy atom. The van der Waals surface area contributed by atoms with Crippen molar-refractivity contribution in [1.82, 2.24) is 10.2 Å². The Kier molecular flexibility index (Phi) is 10.1. The van der Waals surface area contributed by atoms with Crippen LogP contribution in [0.5, 0.6) is 5.75 Å². The van der Waals surface area contributed by atoms with Gasteiger partial charge in [0, 0.05) is 28.4 Å². The summed E-state index contributed by atoms with van der Waals surface area (Å²) in [6.45, 7) is 0.680. The van der Waals surface area contributed by atoms with Crippen molar-refractivity contribution in [1.29, 1.82) is 0 Å². The minimum atomic E-state index is -0.503. The van der Waals surface area contributed by atoms with E-state index in [1.54, 1.807) is 72.8 Å². The lowest BCUT2D eigenvalue weighted by atomic mass is 10.1. The van der Waals surface area contributed by atoms with Crippen molar-refractivity contribution in [2.24, 2.45) is 0 Å². The summed E-state index contributed by atoms with van der Waals surface area (Å²) in [5.41, 5.74) is 3.59. The van der Waals surface area contributed by atoms with E-state index in [0.29, 0.717) is 46.1 Å². The normalized spacial score (nSPS) is 12.4. The summed E-state index contributed by atoms with van der Waals surface area (Å²) in [5.74, 6) is -0.347. The van der Waals surface area contributed by atoms with Gasteiger partial charge in [0.25, 0.3) is 23.6 Å². The van der Waals surface area contributed by atoms with Crippen LogP contribution < -0.4 is 15.4 Å². The Morgan fingerprint density at radius 3 is 2.06 bits per heavy atom. The lowest BCUT2D eigenvalue weighted by molar-refractivity contribution is -0.113. The van der Waals surface area contributed by atoms with Gasteiger partial charge in [-0.3, -0.25) is 24.1 Å². The van der Waals surface area contributed by atoms with Gasteiger partial charge in [0.1, 0.15) is 18.1 Å². The Morgan fingerprint density at radius 1 is 0.729 bits per heavy atom. The molecule has 1 aliphatic heterocycles. The highest BCUT2D eigenvalue weighted by atomic mass is 32.2. The number of carbonyl (C=O) groups excluding carboxylic acids is 4. The van der Waals surface area contributed by atoms with Gasteiger partial charge in [0.15, 0.2) is 0 Å². The molecule has 5 aromatic rings. The maximum Gasteiger partial charge on any atom is 0.272 e. The van der Waals surface area contributed by atoms with Gasteiger partial charge in [0.05, 0.1) is 11.1 Å². The first kappa shape index (κ1) is 32.0. The number of nitrogens with zero attached hydrogens (tertiary/aromatic N) is 1. The molecule has 0 aliphatic carbocycles. The number of rotatable bonds is 12. The van der Waals surface area contributed by atoms with Crippen LogP contribution in [-0.2, 0) is 11.4 Å². The number of benzene rings is 5. The zero-order valence-electron chi connectivity index (χ0n) is 25.8. The summed E-state index contributed by atoms with van der Waals surface area (Å²) in [7, 11) is 0. The fourth-order valence-corrected chi connectivity index (χ4v) is 5.96. The van der Waals surface area contributed by atoms with Crippen LogP contribution in [0.4, 0.5) is 5.69 Å². The van der Waals surface area contributed by atoms with Crippen molar-refractivity contribution in [3.63, 3.8) is 0 Å². The largest absolute Gasteiger partial charge is 0.489 e. The van der Waals surface area contributed by atoms with Crippen LogP contribution in [-0.4, -0.2) is 40.8 Å². The molecule has 9 heteroatoms. The fourth-order valence-electron chi connectivity index (χ4n) is 5.07. The second-order valence-corrected chi connectivity index (χ2v) is 12.0. The fraction of sp³-hybridized carbons (Fsp3) is 0.0769. The van der Waals surface area contributed by atoms with Gasteiger partial charge in [0.2, 0.25) is 0 Å². The molecule has 0 aromatic heterocycles. The summed E-state index contributed by atoms with van der Waals surface area (Å²) in [6, 6.07) is 39.8. The predicted molar refractivity (Wildman–Crippen MR) is 187 cm³/mol. The number of thioether (sulfide) groups is 1. The van der Waals surface area contributed by atoms with Gasteiger partial charge in [-0.1, -0.05) is 78.9 Å². The summed E-state index contributed by atoms with van der Waals surface area (Å²) >= 11 is 1.46. The number of anilines is 1. The maximum absolute atomic E-state index is 13.6. The SMILES string of the molecule is O=C(Nc1cccc(SCCN2C(=O)c3ccccc3C2=O)c1)/C(=C\c1ccc(OCc2ccccc2)cc1)NC(=O)c1ccccc1. The van der Waals surface area contributed by atoms with Gasteiger partial charge in [-0.2, -0.15) is 0 Å². The van der Waals surface area contributed by atoms with Crippen molar-refractivity contribution < 1.29 is 23.9 Å². The molecule has 0 bridgehead atoms. The van der Waals surface area contributed by atoms with E-state index in [2.05, 4.69) is 10.6 Å². The first-order valence-corrected chi connectivity index (χ1v) is 16.3. The predicted octanol–water partition coefficient (Wildman–Crippen LogP) is 7.06. The monoisotopic (exact) mass is 653 g/mol. The van der Waals surface area contributed by atoms with Crippen LogP contribution in [0.2, 0.25) is 0 Å². The quantitative estimate of drug-likeness (QED) is 0.0849. The standard InChI is InChI=1S/C39H31N3O5S/c43-36(29-12-5-2-6-13-29)41-35(24-27-18-20-31(21-19-27)47-26-28-10-3-1-4-11-28)37(44)40-30-14-9-15-32(25-30)48-23-22-42-38(45)33-16-7-8-17-34(33)39(42)46/h1-21,24-25H,22-23,26H2,(H,40,44)(H,41,43)/b35-24+. The van der Waals surface area contributed by atoms with E-state index < -0.39 is 11.8 Å². The molecule has 0 radical (unpaired) electrons. The molecule has 8 nitrogen and oxygen atoms in total. The number of carbonyl (C=O) groups is 4. The van der Waals surface area contributed by atoms with Crippen LogP contribution in [0.1, 0.15) is 42.2 Å². The van der Waals surface area contributed by atoms with Crippen molar-refractivity contribution in [2.45, 2.75) is 11.5 Å². The third kappa shape index (κ3) is 7.89. The van der Waals surface area contributed by atoms with Gasteiger partial charge < -0.3 is 15.4 Å². The number of nitrogens with one attached hydrogen (secondary N) is 2. The summed E-state index contributed by atoms with van der Waals surface area (Å²) in [5, 5.41) is 5.65. The average molecular weight is 654 g/mol. The highest BCUT2D eigenvalue weighted by molar-refractivity contribution is 7.99. The minimum absolute atomic E-state index is 0.0606. The number of hydrogen-bond donors (Lipinski definition) is 2. The van der Waals surface area contributed by atoms with Crippen molar-refractivity contribution in [3.8, 4) is 5.75 Å². The lowest BCUT2D eigenvalue weighted by Crippen LogP contribution is -2.31. The molecule has 1 aliphatic rings. The van der Waals surface area contributed by atoms with E-state index in [9.17, 15) is 19.2 Å². The molecule has 0 saturated heterocycles. The van der Waals surface area contributed by atoms with E-state index in [4.69, 9.17) is 4.74 Å². The third-order valence-electron chi connectivity index (χ3n) is 7.52. The van der Waals surface area contributed by atoms with E-state index >= 15 is 0 Å². The molecule has 48 heavy (non-hydrogen) atoms.